The molecule has 18 heavy (non-hydrogen) atoms. The minimum absolute atomic E-state index is 0.400. The Kier molecular flexibility index (Phi) is 5.09. The number of rotatable bonds is 3. The van der Waals surface area contributed by atoms with Crippen LogP contribution in [0.15, 0.2) is 0 Å². The predicted octanol–water partition coefficient (Wildman–Crippen LogP) is 2.79. The number of hydrogen-bond donors (Lipinski definition) is 1. The lowest BCUT2D eigenvalue weighted by Crippen LogP contribution is -2.54. The van der Waals surface area contributed by atoms with Crippen LogP contribution in [0.3, 0.4) is 0 Å². The summed E-state index contributed by atoms with van der Waals surface area (Å²) in [5.74, 6) is 2.87. The molecule has 2 fully saturated rings. The lowest BCUT2D eigenvalue weighted by atomic mass is 9.81. The van der Waals surface area contributed by atoms with Crippen LogP contribution in [0.25, 0.3) is 0 Å². The maximum absolute atomic E-state index is 5.53. The Morgan fingerprint density at radius 2 is 2.06 bits per heavy atom. The Morgan fingerprint density at radius 3 is 2.72 bits per heavy atom. The van der Waals surface area contributed by atoms with Crippen LogP contribution in [-0.2, 0) is 0 Å². The molecule has 1 heterocycles. The molecule has 102 valence electrons. The van der Waals surface area contributed by atoms with Gasteiger partial charge < -0.3 is 5.32 Å². The van der Waals surface area contributed by atoms with Crippen LogP contribution in [0.4, 0.5) is 0 Å². The van der Waals surface area contributed by atoms with Crippen molar-refractivity contribution in [2.45, 2.75) is 69.9 Å². The van der Waals surface area contributed by atoms with Crippen LogP contribution in [0.5, 0.6) is 0 Å². The van der Waals surface area contributed by atoms with Crippen LogP contribution in [-0.4, -0.2) is 36.1 Å². The molecular formula is C16H28N2. The van der Waals surface area contributed by atoms with E-state index in [1.54, 1.807) is 0 Å². The molecule has 1 atom stereocenters. The van der Waals surface area contributed by atoms with Crippen molar-refractivity contribution in [2.24, 2.45) is 0 Å². The number of nitrogens with one attached hydrogen (secondary N) is 1. The fourth-order valence-corrected chi connectivity index (χ4v) is 3.70. The summed E-state index contributed by atoms with van der Waals surface area (Å²) in [6.07, 6.45) is 15.8. The highest BCUT2D eigenvalue weighted by Gasteiger charge is 2.36. The third-order valence-corrected chi connectivity index (χ3v) is 4.78. The first-order chi connectivity index (χ1) is 8.79. The van der Waals surface area contributed by atoms with E-state index in [4.69, 9.17) is 6.42 Å². The van der Waals surface area contributed by atoms with E-state index in [0.29, 0.717) is 11.6 Å². The third kappa shape index (κ3) is 3.28. The van der Waals surface area contributed by atoms with Gasteiger partial charge in [0.2, 0.25) is 0 Å². The van der Waals surface area contributed by atoms with Crippen LogP contribution < -0.4 is 5.32 Å². The molecule has 2 nitrogen and oxygen atoms in total. The molecule has 1 saturated heterocycles. The van der Waals surface area contributed by atoms with Gasteiger partial charge >= 0.3 is 0 Å². The molecule has 0 bridgehead atoms. The number of terminal acetylenes is 1. The van der Waals surface area contributed by atoms with Gasteiger partial charge in [-0.15, -0.1) is 12.3 Å². The lowest BCUT2D eigenvalue weighted by Gasteiger charge is -2.42. The molecule has 0 radical (unpaired) electrons. The van der Waals surface area contributed by atoms with E-state index < -0.39 is 0 Å². The number of hydrogen-bond acceptors (Lipinski definition) is 2. The van der Waals surface area contributed by atoms with Crippen molar-refractivity contribution in [3.63, 3.8) is 0 Å². The zero-order valence-electron chi connectivity index (χ0n) is 11.9. The van der Waals surface area contributed by atoms with Crippen molar-refractivity contribution in [1.29, 1.82) is 0 Å². The van der Waals surface area contributed by atoms with Crippen LogP contribution in [0.2, 0.25) is 0 Å². The number of nitrogens with zero attached hydrogens (tertiary/aromatic N) is 1. The van der Waals surface area contributed by atoms with Gasteiger partial charge in [-0.2, -0.15) is 0 Å². The van der Waals surface area contributed by atoms with Gasteiger partial charge in [0.1, 0.15) is 0 Å². The van der Waals surface area contributed by atoms with E-state index in [1.807, 2.05) is 0 Å². The average Bonchev–Trinajstić information content (AvgIpc) is 2.60. The molecule has 1 aliphatic carbocycles. The van der Waals surface area contributed by atoms with E-state index in [2.05, 4.69) is 23.1 Å². The predicted molar refractivity (Wildman–Crippen MR) is 77.5 cm³/mol. The monoisotopic (exact) mass is 248 g/mol. The van der Waals surface area contributed by atoms with Gasteiger partial charge in [-0.25, -0.2) is 0 Å². The molecular weight excluding hydrogens is 220 g/mol. The molecule has 1 aliphatic heterocycles. The Bertz CT molecular complexity index is 286. The summed E-state index contributed by atoms with van der Waals surface area (Å²) >= 11 is 0. The molecule has 0 aromatic rings. The van der Waals surface area contributed by atoms with Gasteiger partial charge in [0, 0.05) is 24.5 Å². The summed E-state index contributed by atoms with van der Waals surface area (Å²) in [5, 5.41) is 3.85. The fraction of sp³-hybridized carbons (Fsp3) is 0.875. The first-order valence-electron chi connectivity index (χ1n) is 7.72. The van der Waals surface area contributed by atoms with E-state index in [9.17, 15) is 0 Å². The molecule has 1 N–H and O–H groups in total. The van der Waals surface area contributed by atoms with Gasteiger partial charge in [-0.05, 0) is 38.8 Å². The Hall–Kier alpha value is -0.520. The minimum atomic E-state index is 0.400. The summed E-state index contributed by atoms with van der Waals surface area (Å²) in [7, 11) is 0. The topological polar surface area (TPSA) is 15.3 Å². The Labute approximate surface area is 113 Å². The van der Waals surface area contributed by atoms with Gasteiger partial charge in [0.25, 0.3) is 0 Å². The van der Waals surface area contributed by atoms with Gasteiger partial charge in [-0.3, -0.25) is 4.90 Å². The zero-order chi connectivity index (χ0) is 12.8. The van der Waals surface area contributed by atoms with E-state index >= 15 is 0 Å². The highest BCUT2D eigenvalue weighted by atomic mass is 15.2. The van der Waals surface area contributed by atoms with Gasteiger partial charge in [0.15, 0.2) is 0 Å². The van der Waals surface area contributed by atoms with E-state index in [-0.39, 0.29) is 0 Å². The van der Waals surface area contributed by atoms with Crippen molar-refractivity contribution in [1.82, 2.24) is 10.2 Å². The summed E-state index contributed by atoms with van der Waals surface area (Å²) in [4.78, 5) is 2.67. The van der Waals surface area contributed by atoms with E-state index in [0.717, 1.165) is 6.42 Å². The molecule has 0 aromatic carbocycles. The molecule has 1 spiro atoms. The fourth-order valence-electron chi connectivity index (χ4n) is 3.70. The van der Waals surface area contributed by atoms with Gasteiger partial charge in [0.05, 0.1) is 0 Å². The Morgan fingerprint density at radius 1 is 1.28 bits per heavy atom. The van der Waals surface area contributed by atoms with E-state index in [1.165, 1.54) is 64.6 Å². The summed E-state index contributed by atoms with van der Waals surface area (Å²) in [6, 6.07) is 0.591. The highest BCUT2D eigenvalue weighted by Crippen LogP contribution is 2.31. The quantitative estimate of drug-likeness (QED) is 0.773. The van der Waals surface area contributed by atoms with Crippen molar-refractivity contribution in [3.05, 3.63) is 0 Å². The minimum Gasteiger partial charge on any atom is -0.310 e. The second kappa shape index (κ2) is 6.59. The highest BCUT2D eigenvalue weighted by molar-refractivity contribution is 4.98. The zero-order valence-corrected chi connectivity index (χ0v) is 11.9. The first-order valence-corrected chi connectivity index (χ1v) is 7.72. The maximum atomic E-state index is 5.53. The summed E-state index contributed by atoms with van der Waals surface area (Å²) in [6.45, 7) is 5.89. The van der Waals surface area contributed by atoms with Crippen LogP contribution in [0.1, 0.15) is 58.3 Å². The average molecular weight is 248 g/mol. The normalized spacial score (nSPS) is 26.4. The third-order valence-electron chi connectivity index (χ3n) is 4.78. The molecule has 2 rings (SSSR count). The second-order valence-electron chi connectivity index (χ2n) is 6.06. The molecule has 2 aliphatic rings. The molecule has 1 saturated carbocycles. The lowest BCUT2D eigenvalue weighted by molar-refractivity contribution is 0.126. The SMILES string of the molecule is C#CCC(CC)N1CCCNC2(CCCCC2)C1. The van der Waals surface area contributed by atoms with Crippen molar-refractivity contribution < 1.29 is 0 Å². The van der Waals surface area contributed by atoms with Gasteiger partial charge in [-0.1, -0.05) is 26.2 Å². The largest absolute Gasteiger partial charge is 0.310 e. The smallest absolute Gasteiger partial charge is 0.0308 e. The molecule has 0 aromatic heterocycles. The standard InChI is InChI=1S/C16H28N2/c1-3-9-15(4-2)18-13-8-12-17-16(14-18)10-6-5-7-11-16/h1,15,17H,4-14H2,2H3. The second-order valence-corrected chi connectivity index (χ2v) is 6.06. The van der Waals surface area contributed by atoms with Crippen molar-refractivity contribution >= 4 is 0 Å². The maximum Gasteiger partial charge on any atom is 0.0308 e. The van der Waals surface area contributed by atoms with Crippen LogP contribution in [0, 0.1) is 12.3 Å². The van der Waals surface area contributed by atoms with Crippen LogP contribution >= 0.6 is 0 Å². The van der Waals surface area contributed by atoms with Crippen molar-refractivity contribution in [3.8, 4) is 12.3 Å². The first kappa shape index (κ1) is 13.9. The summed E-state index contributed by atoms with van der Waals surface area (Å²) in [5.41, 5.74) is 0.400. The van der Waals surface area contributed by atoms with Crippen molar-refractivity contribution in [2.75, 3.05) is 19.6 Å². The molecule has 2 heteroatoms. The Balaban J connectivity index is 2.04. The molecule has 1 unspecified atom stereocenters. The molecule has 0 amide bonds. The summed E-state index contributed by atoms with van der Waals surface area (Å²) < 4.78 is 0.